The Morgan fingerprint density at radius 1 is 0.966 bits per heavy atom. The lowest BCUT2D eigenvalue weighted by atomic mass is 10.2. The van der Waals surface area contributed by atoms with Crippen LogP contribution in [0.3, 0.4) is 0 Å². The lowest BCUT2D eigenvalue weighted by Gasteiger charge is -2.22. The minimum Gasteiger partial charge on any atom is -0.497 e. The normalized spacial score (nSPS) is 15.0. The third-order valence-electron chi connectivity index (χ3n) is 5.00. The molecule has 29 heavy (non-hydrogen) atoms. The average molecular weight is 415 g/mol. The highest BCUT2D eigenvalue weighted by atomic mass is 32.2. The van der Waals surface area contributed by atoms with Crippen molar-refractivity contribution in [3.05, 3.63) is 54.1 Å². The summed E-state index contributed by atoms with van der Waals surface area (Å²) in [5, 5.41) is 0. The summed E-state index contributed by atoms with van der Waals surface area (Å²) in [4.78, 5) is 18.2. The van der Waals surface area contributed by atoms with Gasteiger partial charge in [-0.25, -0.2) is 0 Å². The Balaban J connectivity index is 1.44. The highest BCUT2D eigenvalue weighted by Gasteiger charge is 2.19. The molecule has 1 fully saturated rings. The first kappa shape index (κ1) is 21.5. The third kappa shape index (κ3) is 6.68. The zero-order valence-corrected chi connectivity index (χ0v) is 18.1. The molecule has 0 bridgehead atoms. The number of nitrogens with zero attached hydrogens (tertiary/aromatic N) is 2. The van der Waals surface area contributed by atoms with Crippen LogP contribution in [0.2, 0.25) is 0 Å². The molecule has 0 N–H and O–H groups in total. The van der Waals surface area contributed by atoms with Crippen molar-refractivity contribution < 1.29 is 14.3 Å². The number of carbonyl (C=O) groups is 1. The number of hydrogen-bond acceptors (Lipinski definition) is 5. The summed E-state index contributed by atoms with van der Waals surface area (Å²) < 4.78 is 10.7. The van der Waals surface area contributed by atoms with Crippen LogP contribution in [0.1, 0.15) is 18.9 Å². The van der Waals surface area contributed by atoms with E-state index < -0.39 is 0 Å². The minimum absolute atomic E-state index is 0.218. The van der Waals surface area contributed by atoms with Crippen molar-refractivity contribution in [2.45, 2.75) is 24.8 Å². The van der Waals surface area contributed by atoms with Gasteiger partial charge in [0, 0.05) is 37.6 Å². The van der Waals surface area contributed by atoms with Gasteiger partial charge in [0.15, 0.2) is 0 Å². The quantitative estimate of drug-likeness (QED) is 0.613. The van der Waals surface area contributed by atoms with E-state index in [9.17, 15) is 4.79 Å². The van der Waals surface area contributed by atoms with Gasteiger partial charge >= 0.3 is 0 Å². The molecular weight excluding hydrogens is 384 g/mol. The Labute approximate surface area is 178 Å². The number of rotatable bonds is 8. The van der Waals surface area contributed by atoms with Gasteiger partial charge < -0.3 is 14.4 Å². The zero-order chi connectivity index (χ0) is 20.5. The number of thioether (sulfide) groups is 1. The summed E-state index contributed by atoms with van der Waals surface area (Å²) in [6, 6.07) is 16.2. The van der Waals surface area contributed by atoms with Crippen molar-refractivity contribution in [2.75, 3.05) is 45.6 Å². The number of amides is 1. The second-order valence-electron chi connectivity index (χ2n) is 7.05. The van der Waals surface area contributed by atoms with E-state index in [0.29, 0.717) is 12.4 Å². The summed E-state index contributed by atoms with van der Waals surface area (Å²) in [7, 11) is 1.68. The Kier molecular flexibility index (Phi) is 8.25. The van der Waals surface area contributed by atoms with Crippen molar-refractivity contribution in [2.24, 2.45) is 0 Å². The maximum atomic E-state index is 12.7. The molecule has 0 radical (unpaired) electrons. The SMILES string of the molecule is CCOc1ccc(SCC(=O)N2CCCN(Cc3ccc(OC)cc3)CC2)cc1. The van der Waals surface area contributed by atoms with Crippen LogP contribution in [0, 0.1) is 0 Å². The van der Waals surface area contributed by atoms with Crippen molar-refractivity contribution in [1.29, 1.82) is 0 Å². The van der Waals surface area contributed by atoms with E-state index in [2.05, 4.69) is 17.0 Å². The fourth-order valence-corrected chi connectivity index (χ4v) is 4.20. The van der Waals surface area contributed by atoms with Gasteiger partial charge in [0.05, 0.1) is 19.5 Å². The molecule has 0 unspecified atom stereocenters. The maximum Gasteiger partial charge on any atom is 0.232 e. The molecule has 0 atom stereocenters. The second-order valence-corrected chi connectivity index (χ2v) is 8.10. The topological polar surface area (TPSA) is 42.0 Å². The van der Waals surface area contributed by atoms with Gasteiger partial charge in [0.25, 0.3) is 0 Å². The standard InChI is InChI=1S/C23H30N2O3S/c1-3-28-21-9-11-22(12-10-21)29-18-23(26)25-14-4-13-24(15-16-25)17-19-5-7-20(27-2)8-6-19/h5-12H,3-4,13-18H2,1-2H3. The van der Waals surface area contributed by atoms with Crippen molar-refractivity contribution in [1.82, 2.24) is 9.80 Å². The first-order chi connectivity index (χ1) is 14.2. The molecule has 3 rings (SSSR count). The number of methoxy groups -OCH3 is 1. The Morgan fingerprint density at radius 2 is 1.69 bits per heavy atom. The number of carbonyl (C=O) groups excluding carboxylic acids is 1. The fraction of sp³-hybridized carbons (Fsp3) is 0.435. The zero-order valence-electron chi connectivity index (χ0n) is 17.3. The maximum absolute atomic E-state index is 12.7. The van der Waals surface area contributed by atoms with Crippen LogP contribution in [0.4, 0.5) is 0 Å². The molecule has 0 spiro atoms. The summed E-state index contributed by atoms with van der Waals surface area (Å²) in [5.74, 6) is 2.45. The molecule has 1 aliphatic rings. The Morgan fingerprint density at radius 3 is 2.38 bits per heavy atom. The van der Waals surface area contributed by atoms with E-state index in [1.807, 2.05) is 48.2 Å². The number of ether oxygens (including phenoxy) is 2. The van der Waals surface area contributed by atoms with Crippen LogP contribution in [0.25, 0.3) is 0 Å². The molecule has 0 aliphatic carbocycles. The highest BCUT2D eigenvalue weighted by molar-refractivity contribution is 8.00. The Bertz CT molecular complexity index is 765. The van der Waals surface area contributed by atoms with Crippen LogP contribution in [-0.4, -0.2) is 61.4 Å². The van der Waals surface area contributed by atoms with Crippen LogP contribution in [0.15, 0.2) is 53.4 Å². The van der Waals surface area contributed by atoms with Crippen molar-refractivity contribution in [3.63, 3.8) is 0 Å². The molecule has 2 aromatic rings. The predicted octanol–water partition coefficient (Wildman–Crippen LogP) is 3.92. The van der Waals surface area contributed by atoms with E-state index in [4.69, 9.17) is 9.47 Å². The van der Waals surface area contributed by atoms with Crippen LogP contribution in [-0.2, 0) is 11.3 Å². The lowest BCUT2D eigenvalue weighted by Crippen LogP contribution is -2.36. The molecule has 5 nitrogen and oxygen atoms in total. The van der Waals surface area contributed by atoms with Gasteiger partial charge in [-0.3, -0.25) is 9.69 Å². The molecule has 0 saturated carbocycles. The summed E-state index contributed by atoms with van der Waals surface area (Å²) >= 11 is 1.59. The molecule has 1 saturated heterocycles. The highest BCUT2D eigenvalue weighted by Crippen LogP contribution is 2.22. The van der Waals surface area contributed by atoms with Crippen LogP contribution >= 0.6 is 11.8 Å². The second kappa shape index (κ2) is 11.1. The molecule has 1 aliphatic heterocycles. The minimum atomic E-state index is 0.218. The van der Waals surface area contributed by atoms with E-state index >= 15 is 0 Å². The lowest BCUT2D eigenvalue weighted by molar-refractivity contribution is -0.128. The number of hydrogen-bond donors (Lipinski definition) is 0. The van der Waals surface area contributed by atoms with E-state index in [1.54, 1.807) is 18.9 Å². The third-order valence-corrected chi connectivity index (χ3v) is 6.00. The van der Waals surface area contributed by atoms with Gasteiger partial charge in [-0.15, -0.1) is 11.8 Å². The van der Waals surface area contributed by atoms with Crippen LogP contribution < -0.4 is 9.47 Å². The summed E-state index contributed by atoms with van der Waals surface area (Å²) in [5.41, 5.74) is 1.27. The molecule has 1 heterocycles. The smallest absolute Gasteiger partial charge is 0.232 e. The van der Waals surface area contributed by atoms with Gasteiger partial charge in [-0.1, -0.05) is 12.1 Å². The van der Waals surface area contributed by atoms with Crippen molar-refractivity contribution >= 4 is 17.7 Å². The van der Waals surface area contributed by atoms with Gasteiger partial charge in [0.1, 0.15) is 11.5 Å². The molecule has 0 aromatic heterocycles. The van der Waals surface area contributed by atoms with Gasteiger partial charge in [-0.2, -0.15) is 0 Å². The van der Waals surface area contributed by atoms with E-state index in [1.165, 1.54) is 5.56 Å². The first-order valence-corrected chi connectivity index (χ1v) is 11.1. The van der Waals surface area contributed by atoms with Crippen LogP contribution in [0.5, 0.6) is 11.5 Å². The van der Waals surface area contributed by atoms with Gasteiger partial charge in [-0.05, 0) is 55.3 Å². The fourth-order valence-electron chi connectivity index (χ4n) is 3.40. The average Bonchev–Trinajstić information content (AvgIpc) is 2.99. The monoisotopic (exact) mass is 414 g/mol. The Hall–Kier alpha value is -2.18. The largest absolute Gasteiger partial charge is 0.497 e. The first-order valence-electron chi connectivity index (χ1n) is 10.2. The molecule has 156 valence electrons. The molecular formula is C23H30N2O3S. The van der Waals surface area contributed by atoms with E-state index in [-0.39, 0.29) is 5.91 Å². The predicted molar refractivity (Wildman–Crippen MR) is 118 cm³/mol. The summed E-state index contributed by atoms with van der Waals surface area (Å²) in [6.07, 6.45) is 1.01. The summed E-state index contributed by atoms with van der Waals surface area (Å²) in [6.45, 7) is 7.09. The molecule has 2 aromatic carbocycles. The molecule has 6 heteroatoms. The van der Waals surface area contributed by atoms with Gasteiger partial charge in [0.2, 0.25) is 5.91 Å². The van der Waals surface area contributed by atoms with E-state index in [0.717, 1.165) is 55.5 Å². The number of benzene rings is 2. The van der Waals surface area contributed by atoms with Crippen molar-refractivity contribution in [3.8, 4) is 11.5 Å². The molecule has 1 amide bonds.